The molecule has 2 heterocycles. The number of hydrogen-bond acceptors (Lipinski definition) is 3. The second kappa shape index (κ2) is 5.81. The van der Waals surface area contributed by atoms with Crippen LogP contribution in [0.4, 0.5) is 13.2 Å². The molecule has 0 radical (unpaired) electrons. The normalized spacial score (nSPS) is 27.7. The maximum Gasteiger partial charge on any atom is 0.435 e. The number of hydrogen-bond donors (Lipinski definition) is 2. The van der Waals surface area contributed by atoms with Gasteiger partial charge in [0.25, 0.3) is 0 Å². The van der Waals surface area contributed by atoms with Crippen LogP contribution in [-0.2, 0) is 24.6 Å². The van der Waals surface area contributed by atoms with E-state index in [1.807, 2.05) is 0 Å². The van der Waals surface area contributed by atoms with Crippen LogP contribution >= 0.6 is 0 Å². The molecule has 3 rings (SSSR count). The highest BCUT2D eigenvalue weighted by Gasteiger charge is 2.49. The predicted octanol–water partition coefficient (Wildman–Crippen LogP) is 1.98. The van der Waals surface area contributed by atoms with Gasteiger partial charge in [0.2, 0.25) is 5.91 Å². The lowest BCUT2D eigenvalue weighted by Gasteiger charge is -2.37. The quantitative estimate of drug-likeness (QED) is 0.891. The van der Waals surface area contributed by atoms with Crippen molar-refractivity contribution in [3.05, 3.63) is 17.5 Å². The van der Waals surface area contributed by atoms with Crippen LogP contribution in [0.25, 0.3) is 0 Å². The van der Waals surface area contributed by atoms with E-state index in [1.54, 1.807) is 0 Å². The van der Waals surface area contributed by atoms with Crippen molar-refractivity contribution in [1.29, 1.82) is 0 Å². The van der Waals surface area contributed by atoms with Crippen molar-refractivity contribution in [3.63, 3.8) is 0 Å². The summed E-state index contributed by atoms with van der Waals surface area (Å²) < 4.78 is 39.2. The molecule has 5 nitrogen and oxygen atoms in total. The number of halogens is 3. The summed E-state index contributed by atoms with van der Waals surface area (Å²) in [5.41, 5.74) is -0.982. The summed E-state index contributed by atoms with van der Waals surface area (Å²) in [6.07, 6.45) is 0.289. The molecule has 128 valence electrons. The van der Waals surface area contributed by atoms with Gasteiger partial charge in [0, 0.05) is 13.1 Å². The first-order chi connectivity index (χ1) is 10.8. The molecule has 0 spiro atoms. The first kappa shape index (κ1) is 16.3. The Morgan fingerprint density at radius 3 is 2.96 bits per heavy atom. The Hall–Kier alpha value is -1.57. The van der Waals surface area contributed by atoms with Crippen molar-refractivity contribution in [1.82, 2.24) is 20.4 Å². The van der Waals surface area contributed by atoms with Crippen LogP contribution < -0.4 is 10.6 Å². The van der Waals surface area contributed by atoms with E-state index in [4.69, 9.17) is 0 Å². The minimum atomic E-state index is -4.47. The maximum absolute atomic E-state index is 12.7. The van der Waals surface area contributed by atoms with E-state index < -0.39 is 17.3 Å². The third-order valence-corrected chi connectivity index (χ3v) is 5.14. The molecule has 8 heteroatoms. The van der Waals surface area contributed by atoms with Crippen LogP contribution in [0.3, 0.4) is 0 Å². The van der Waals surface area contributed by atoms with Crippen LogP contribution in [0, 0.1) is 5.41 Å². The van der Waals surface area contributed by atoms with Crippen molar-refractivity contribution < 1.29 is 18.0 Å². The average Bonchev–Trinajstić information content (AvgIpc) is 3.08. The fraction of sp³-hybridized carbons (Fsp3) is 0.733. The number of fused-ring (bicyclic) bond motifs is 1. The van der Waals surface area contributed by atoms with Crippen molar-refractivity contribution in [2.24, 2.45) is 12.5 Å². The van der Waals surface area contributed by atoms with Crippen LogP contribution in [0.15, 0.2) is 6.07 Å². The Morgan fingerprint density at radius 1 is 1.48 bits per heavy atom. The molecule has 1 aliphatic carbocycles. The number of aromatic nitrogens is 2. The fourth-order valence-corrected chi connectivity index (χ4v) is 3.85. The number of nitrogens with one attached hydrogen (secondary N) is 2. The standard InChI is InChI=1S/C15H21F3N4O/c1-22-10(8-12(21-22)15(16,17)18)9-20-13(23)14-5-3-2-4-11(14)19-7-6-14/h8,11,19H,2-7,9H2,1H3,(H,20,23)/t11-,14+/m0/s1. The van der Waals surface area contributed by atoms with E-state index in [-0.39, 0.29) is 18.5 Å². The molecule has 2 aliphatic rings. The first-order valence-corrected chi connectivity index (χ1v) is 7.95. The highest BCUT2D eigenvalue weighted by Crippen LogP contribution is 2.43. The molecule has 0 bridgehead atoms. The number of carbonyl (C=O) groups is 1. The minimum absolute atomic E-state index is 0.0537. The van der Waals surface area contributed by atoms with Crippen LogP contribution in [0.1, 0.15) is 43.5 Å². The SMILES string of the molecule is Cn1nc(C(F)(F)F)cc1CNC(=O)[C@@]12CCCC[C@@H]1NCC2. The summed E-state index contributed by atoms with van der Waals surface area (Å²) in [6.45, 7) is 0.884. The molecular formula is C15H21F3N4O. The Bertz CT molecular complexity index is 598. The highest BCUT2D eigenvalue weighted by molar-refractivity contribution is 5.84. The van der Waals surface area contributed by atoms with Gasteiger partial charge in [-0.1, -0.05) is 12.8 Å². The average molecular weight is 330 g/mol. The van der Waals surface area contributed by atoms with Gasteiger partial charge in [-0.05, 0) is 31.9 Å². The van der Waals surface area contributed by atoms with E-state index >= 15 is 0 Å². The molecule has 1 saturated carbocycles. The lowest BCUT2D eigenvalue weighted by molar-refractivity contribution is -0.141. The zero-order valence-corrected chi connectivity index (χ0v) is 13.0. The van der Waals surface area contributed by atoms with Crippen molar-refractivity contribution >= 4 is 5.91 Å². The molecule has 2 fully saturated rings. The topological polar surface area (TPSA) is 59.0 Å². The minimum Gasteiger partial charge on any atom is -0.350 e. The van der Waals surface area contributed by atoms with Gasteiger partial charge >= 0.3 is 6.18 Å². The molecule has 2 atom stereocenters. The molecule has 1 aliphatic heterocycles. The van der Waals surface area contributed by atoms with Gasteiger partial charge in [-0.3, -0.25) is 9.48 Å². The maximum atomic E-state index is 12.7. The van der Waals surface area contributed by atoms with Crippen LogP contribution in [0.5, 0.6) is 0 Å². The van der Waals surface area contributed by atoms with Gasteiger partial charge in [0.15, 0.2) is 5.69 Å². The number of nitrogens with zero attached hydrogens (tertiary/aromatic N) is 2. The summed E-state index contributed by atoms with van der Waals surface area (Å²) in [5, 5.41) is 9.68. The molecule has 23 heavy (non-hydrogen) atoms. The van der Waals surface area contributed by atoms with Gasteiger partial charge in [-0.2, -0.15) is 18.3 Å². The zero-order valence-electron chi connectivity index (χ0n) is 13.0. The predicted molar refractivity (Wildman–Crippen MR) is 77.4 cm³/mol. The van der Waals surface area contributed by atoms with Crippen LogP contribution in [0.2, 0.25) is 0 Å². The summed E-state index contributed by atoms with van der Waals surface area (Å²) in [4.78, 5) is 12.7. The lowest BCUT2D eigenvalue weighted by atomic mass is 9.70. The van der Waals surface area contributed by atoms with Gasteiger partial charge in [-0.15, -0.1) is 0 Å². The molecule has 2 N–H and O–H groups in total. The number of amides is 1. The molecule has 0 aromatic carbocycles. The third kappa shape index (κ3) is 2.96. The van der Waals surface area contributed by atoms with Crippen molar-refractivity contribution in [2.45, 2.75) is 50.9 Å². The summed E-state index contributed by atoms with van der Waals surface area (Å²) in [6, 6.07) is 1.18. The Morgan fingerprint density at radius 2 is 2.26 bits per heavy atom. The van der Waals surface area contributed by atoms with Gasteiger partial charge in [0.05, 0.1) is 17.7 Å². The molecule has 1 amide bonds. The van der Waals surface area contributed by atoms with Gasteiger partial charge < -0.3 is 10.6 Å². The summed E-state index contributed by atoms with van der Waals surface area (Å²) >= 11 is 0. The second-order valence-corrected chi connectivity index (χ2v) is 6.48. The summed E-state index contributed by atoms with van der Waals surface area (Å²) in [7, 11) is 1.45. The highest BCUT2D eigenvalue weighted by atomic mass is 19.4. The first-order valence-electron chi connectivity index (χ1n) is 7.95. The van der Waals surface area contributed by atoms with E-state index in [0.717, 1.165) is 44.7 Å². The van der Waals surface area contributed by atoms with E-state index in [1.165, 1.54) is 11.7 Å². The molecular weight excluding hydrogens is 309 g/mol. The number of carbonyl (C=O) groups excluding carboxylic acids is 1. The third-order valence-electron chi connectivity index (χ3n) is 5.14. The number of rotatable bonds is 3. The zero-order chi connectivity index (χ0) is 16.7. The summed E-state index contributed by atoms with van der Waals surface area (Å²) in [5.74, 6) is -0.0537. The molecule has 1 saturated heterocycles. The lowest BCUT2D eigenvalue weighted by Crippen LogP contribution is -2.50. The smallest absolute Gasteiger partial charge is 0.350 e. The second-order valence-electron chi connectivity index (χ2n) is 6.48. The Kier molecular flexibility index (Phi) is 4.12. The molecule has 1 aromatic heterocycles. The van der Waals surface area contributed by atoms with Crippen molar-refractivity contribution in [3.8, 4) is 0 Å². The Labute approximate surface area is 132 Å². The van der Waals surface area contributed by atoms with Gasteiger partial charge in [-0.25, -0.2) is 0 Å². The van der Waals surface area contributed by atoms with Crippen molar-refractivity contribution in [2.75, 3.05) is 6.54 Å². The van der Waals surface area contributed by atoms with E-state index in [9.17, 15) is 18.0 Å². The number of aryl methyl sites for hydroxylation is 1. The van der Waals surface area contributed by atoms with E-state index in [0.29, 0.717) is 5.69 Å². The Balaban J connectivity index is 1.69. The van der Waals surface area contributed by atoms with E-state index in [2.05, 4.69) is 15.7 Å². The monoisotopic (exact) mass is 330 g/mol. The largest absolute Gasteiger partial charge is 0.435 e. The van der Waals surface area contributed by atoms with Gasteiger partial charge in [0.1, 0.15) is 0 Å². The van der Waals surface area contributed by atoms with Crippen LogP contribution in [-0.4, -0.2) is 28.3 Å². The molecule has 0 unspecified atom stereocenters. The number of alkyl halides is 3. The fourth-order valence-electron chi connectivity index (χ4n) is 3.85. The molecule has 1 aromatic rings.